The second kappa shape index (κ2) is 10.8. The monoisotopic (exact) mass is 670 g/mol. The summed E-state index contributed by atoms with van der Waals surface area (Å²) in [7, 11) is 0. The van der Waals surface area contributed by atoms with Gasteiger partial charge in [-0.2, -0.15) is 0 Å². The SMILES string of the molecule is O=C1C2C(C(=O)N1c1cccc([N+](=O)[O-])c1)C1(c3ccc(Cl)cc3)C(=O)C2(c2ccc(Cl)cc2)C(c2ccccc2)=C1c1ccccc1. The van der Waals surface area contributed by atoms with Gasteiger partial charge in [0.2, 0.25) is 11.8 Å². The molecule has 2 amide bonds. The van der Waals surface area contributed by atoms with Gasteiger partial charge < -0.3 is 0 Å². The van der Waals surface area contributed by atoms with Crippen LogP contribution in [0.1, 0.15) is 22.3 Å². The third-order valence-corrected chi connectivity index (χ3v) is 10.5. The lowest BCUT2D eigenvalue weighted by Gasteiger charge is -2.39. The van der Waals surface area contributed by atoms with Crippen LogP contribution in [0.25, 0.3) is 11.1 Å². The Morgan fingerprint density at radius 2 is 1.02 bits per heavy atom. The average molecular weight is 672 g/mol. The summed E-state index contributed by atoms with van der Waals surface area (Å²) in [4.78, 5) is 58.2. The number of nitrogens with zero attached hydrogens (tertiary/aromatic N) is 2. The fourth-order valence-corrected chi connectivity index (χ4v) is 8.61. The van der Waals surface area contributed by atoms with E-state index in [-0.39, 0.29) is 17.2 Å². The molecule has 1 heterocycles. The van der Waals surface area contributed by atoms with E-state index in [9.17, 15) is 10.1 Å². The number of rotatable bonds is 6. The van der Waals surface area contributed by atoms with Crippen LogP contribution >= 0.6 is 23.2 Å². The molecule has 4 unspecified atom stereocenters. The van der Waals surface area contributed by atoms with Crippen LogP contribution in [-0.2, 0) is 25.2 Å². The van der Waals surface area contributed by atoms with Crippen molar-refractivity contribution < 1.29 is 19.3 Å². The number of hydrogen-bond acceptors (Lipinski definition) is 5. The summed E-state index contributed by atoms with van der Waals surface area (Å²) < 4.78 is 0. The molecule has 5 aromatic rings. The number of Topliss-reactive ketones (excluding diaryl/α,β-unsaturated/α-hetero) is 1. The Morgan fingerprint density at radius 1 is 0.583 bits per heavy atom. The zero-order valence-electron chi connectivity index (χ0n) is 25.0. The largest absolute Gasteiger partial charge is 0.297 e. The van der Waals surface area contributed by atoms with Crippen molar-refractivity contribution >= 4 is 63.3 Å². The molecule has 2 fully saturated rings. The molecule has 9 heteroatoms. The Kier molecular flexibility index (Phi) is 6.77. The Bertz CT molecular complexity index is 2080. The fraction of sp³-hybridized carbons (Fsp3) is 0.103. The maximum absolute atomic E-state index is 15.9. The standard InChI is InChI=1S/C39H24Cl2N2O5/c40-27-18-14-25(15-19-27)38-31(23-8-3-1-4-9-23)32(24-10-5-2-6-11-24)39(37(38)46,26-16-20-28(41)21-17-26)34-33(38)35(44)42(36(34)45)29-12-7-13-30(22-29)43(47)48/h1-22,33-34H. The smallest absolute Gasteiger partial charge is 0.271 e. The van der Waals surface area contributed by atoms with Crippen LogP contribution in [0.5, 0.6) is 0 Å². The zero-order valence-corrected chi connectivity index (χ0v) is 26.6. The normalized spacial score (nSPS) is 24.4. The summed E-state index contributed by atoms with van der Waals surface area (Å²) >= 11 is 12.8. The van der Waals surface area contributed by atoms with Crippen LogP contribution in [0.2, 0.25) is 10.0 Å². The molecular formula is C39H24Cl2N2O5. The molecule has 5 aromatic carbocycles. The third kappa shape index (κ3) is 3.86. The highest BCUT2D eigenvalue weighted by Gasteiger charge is 2.82. The first-order chi connectivity index (χ1) is 23.2. The number of allylic oxidation sites excluding steroid dienone is 2. The molecule has 1 saturated heterocycles. The molecule has 8 rings (SSSR count). The molecule has 48 heavy (non-hydrogen) atoms. The van der Waals surface area contributed by atoms with E-state index in [1.807, 2.05) is 60.7 Å². The quantitative estimate of drug-likeness (QED) is 0.103. The summed E-state index contributed by atoms with van der Waals surface area (Å²) in [6.07, 6.45) is 0. The highest BCUT2D eigenvalue weighted by Crippen LogP contribution is 2.74. The van der Waals surface area contributed by atoms with Gasteiger partial charge in [0.05, 0.1) is 33.3 Å². The molecule has 0 radical (unpaired) electrons. The minimum atomic E-state index is -1.64. The fourth-order valence-electron chi connectivity index (χ4n) is 8.36. The molecule has 4 atom stereocenters. The molecular weight excluding hydrogens is 647 g/mol. The number of ketones is 1. The summed E-state index contributed by atoms with van der Waals surface area (Å²) in [5.41, 5.74) is 0.278. The number of hydrogen-bond donors (Lipinski definition) is 0. The summed E-state index contributed by atoms with van der Waals surface area (Å²) in [6.45, 7) is 0. The summed E-state index contributed by atoms with van der Waals surface area (Å²) in [5.74, 6) is -3.88. The van der Waals surface area contributed by atoms with Gasteiger partial charge in [-0.3, -0.25) is 24.5 Å². The number of carbonyl (C=O) groups excluding carboxylic acids is 3. The predicted octanol–water partition coefficient (Wildman–Crippen LogP) is 8.09. The van der Waals surface area contributed by atoms with E-state index >= 15 is 14.4 Å². The van der Waals surface area contributed by atoms with Gasteiger partial charge in [0.25, 0.3) is 5.69 Å². The maximum atomic E-state index is 15.9. The number of fused-ring (bicyclic) bond motifs is 5. The van der Waals surface area contributed by atoms with E-state index in [1.54, 1.807) is 48.5 Å². The molecule has 1 saturated carbocycles. The Balaban J connectivity index is 1.54. The van der Waals surface area contributed by atoms with Gasteiger partial charge in [0.15, 0.2) is 5.78 Å². The second-order valence-electron chi connectivity index (χ2n) is 12.2. The Morgan fingerprint density at radius 3 is 1.44 bits per heavy atom. The number of non-ortho nitro benzene ring substituents is 1. The van der Waals surface area contributed by atoms with Crippen LogP contribution < -0.4 is 4.90 Å². The van der Waals surface area contributed by atoms with Crippen LogP contribution in [-0.4, -0.2) is 22.5 Å². The Labute approximate surface area is 285 Å². The molecule has 2 aliphatic carbocycles. The number of anilines is 1. The Hall–Kier alpha value is -5.37. The number of halogens is 2. The minimum absolute atomic E-state index is 0.0699. The van der Waals surface area contributed by atoms with Gasteiger partial charge in [-0.25, -0.2) is 4.90 Å². The van der Waals surface area contributed by atoms with Crippen LogP contribution in [0, 0.1) is 22.0 Å². The number of nitro benzene ring substituents is 1. The van der Waals surface area contributed by atoms with Crippen molar-refractivity contribution in [1.82, 2.24) is 0 Å². The molecule has 234 valence electrons. The van der Waals surface area contributed by atoms with Crippen molar-refractivity contribution in [1.29, 1.82) is 0 Å². The first-order valence-electron chi connectivity index (χ1n) is 15.3. The predicted molar refractivity (Wildman–Crippen MR) is 184 cm³/mol. The van der Waals surface area contributed by atoms with Crippen molar-refractivity contribution in [3.8, 4) is 0 Å². The van der Waals surface area contributed by atoms with Crippen molar-refractivity contribution in [2.75, 3.05) is 4.90 Å². The van der Waals surface area contributed by atoms with Gasteiger partial charge in [-0.15, -0.1) is 0 Å². The van der Waals surface area contributed by atoms with E-state index in [4.69, 9.17) is 23.2 Å². The number of benzene rings is 5. The van der Waals surface area contributed by atoms with Crippen LogP contribution in [0.15, 0.2) is 133 Å². The molecule has 2 bridgehead atoms. The van der Waals surface area contributed by atoms with Gasteiger partial charge in [-0.05, 0) is 63.7 Å². The van der Waals surface area contributed by atoms with Gasteiger partial charge in [-0.1, -0.05) is 114 Å². The lowest BCUT2D eigenvalue weighted by molar-refractivity contribution is -0.384. The van der Waals surface area contributed by atoms with E-state index in [1.165, 1.54) is 24.3 Å². The molecule has 7 nitrogen and oxygen atoms in total. The summed E-state index contributed by atoms with van der Waals surface area (Å²) in [5, 5.41) is 12.6. The lowest BCUT2D eigenvalue weighted by Crippen LogP contribution is -2.45. The number of imide groups is 1. The van der Waals surface area contributed by atoms with Crippen LogP contribution in [0.3, 0.4) is 0 Å². The molecule has 3 aliphatic rings. The van der Waals surface area contributed by atoms with E-state index < -0.39 is 39.4 Å². The van der Waals surface area contributed by atoms with E-state index in [2.05, 4.69) is 0 Å². The maximum Gasteiger partial charge on any atom is 0.271 e. The minimum Gasteiger partial charge on any atom is -0.297 e. The average Bonchev–Trinajstić information content (AvgIpc) is 3.61. The summed E-state index contributed by atoms with van der Waals surface area (Å²) in [6, 6.07) is 38.1. The zero-order chi connectivity index (χ0) is 33.4. The van der Waals surface area contributed by atoms with E-state index in [0.717, 1.165) is 16.0 Å². The van der Waals surface area contributed by atoms with Gasteiger partial charge in [0.1, 0.15) is 0 Å². The van der Waals surface area contributed by atoms with Crippen molar-refractivity contribution in [2.24, 2.45) is 11.8 Å². The topological polar surface area (TPSA) is 97.6 Å². The highest BCUT2D eigenvalue weighted by molar-refractivity contribution is 6.39. The highest BCUT2D eigenvalue weighted by atomic mass is 35.5. The van der Waals surface area contributed by atoms with Crippen molar-refractivity contribution in [3.63, 3.8) is 0 Å². The van der Waals surface area contributed by atoms with Crippen LogP contribution in [0.4, 0.5) is 11.4 Å². The number of carbonyl (C=O) groups is 3. The van der Waals surface area contributed by atoms with Gasteiger partial charge in [0, 0.05) is 22.2 Å². The van der Waals surface area contributed by atoms with Crippen molar-refractivity contribution in [2.45, 2.75) is 10.8 Å². The molecule has 1 aliphatic heterocycles. The van der Waals surface area contributed by atoms with Crippen molar-refractivity contribution in [3.05, 3.63) is 176 Å². The molecule has 0 N–H and O–H groups in total. The molecule has 0 aromatic heterocycles. The van der Waals surface area contributed by atoms with Gasteiger partial charge >= 0.3 is 0 Å². The number of nitro groups is 1. The van der Waals surface area contributed by atoms with E-state index in [0.29, 0.717) is 32.3 Å². The molecule has 0 spiro atoms. The third-order valence-electron chi connectivity index (χ3n) is 10.0. The lowest BCUT2D eigenvalue weighted by atomic mass is 9.59. The number of amides is 2. The second-order valence-corrected chi connectivity index (χ2v) is 13.1. The first kappa shape index (κ1) is 30.0. The first-order valence-corrected chi connectivity index (χ1v) is 16.0.